The molecule has 0 saturated heterocycles. The molecule has 1 aromatic heterocycles. The van der Waals surface area contributed by atoms with E-state index in [2.05, 4.69) is 20.9 Å². The number of hydrogen-bond acceptors (Lipinski definition) is 2. The van der Waals surface area contributed by atoms with Gasteiger partial charge in [0.25, 0.3) is 0 Å². The van der Waals surface area contributed by atoms with Crippen LogP contribution in [0.2, 0.25) is 0 Å². The zero-order valence-corrected chi connectivity index (χ0v) is 9.32. The minimum Gasteiger partial charge on any atom is -0.389 e. The summed E-state index contributed by atoms with van der Waals surface area (Å²) in [7, 11) is 0. The summed E-state index contributed by atoms with van der Waals surface area (Å²) >= 11 is 3.37. The molecule has 0 saturated carbocycles. The zero-order valence-electron chi connectivity index (χ0n) is 7.74. The van der Waals surface area contributed by atoms with Crippen LogP contribution >= 0.6 is 15.9 Å². The molecule has 0 aliphatic heterocycles. The molecule has 72 valence electrons. The topological polar surface area (TPSA) is 33.1 Å². The Hall–Kier alpha value is -0.930. The molecule has 3 heteroatoms. The van der Waals surface area contributed by atoms with E-state index in [4.69, 9.17) is 0 Å². The molecule has 2 nitrogen and oxygen atoms in total. The number of fused-ring (bicyclic) bond motifs is 1. The van der Waals surface area contributed by atoms with Crippen molar-refractivity contribution in [3.63, 3.8) is 0 Å². The van der Waals surface area contributed by atoms with E-state index in [9.17, 15) is 5.11 Å². The van der Waals surface area contributed by atoms with E-state index in [1.165, 1.54) is 0 Å². The largest absolute Gasteiger partial charge is 0.389 e. The third-order valence-corrected chi connectivity index (χ3v) is 2.59. The van der Waals surface area contributed by atoms with Crippen molar-refractivity contribution in [2.45, 2.75) is 13.0 Å². The SMILES string of the molecule is C[C@@H](O)c1ccc2ncc(Br)cc2c1. The smallest absolute Gasteiger partial charge is 0.0762 e. The standard InChI is InChI=1S/C11H10BrNO/c1-7(14)8-2-3-11-9(4-8)5-10(12)6-13-11/h2-7,14H,1H3/t7-/m1/s1. The lowest BCUT2D eigenvalue weighted by Gasteiger charge is -2.05. The molecule has 14 heavy (non-hydrogen) atoms. The lowest BCUT2D eigenvalue weighted by Crippen LogP contribution is -1.90. The molecule has 1 aromatic carbocycles. The van der Waals surface area contributed by atoms with Crippen LogP contribution in [0.15, 0.2) is 34.9 Å². The van der Waals surface area contributed by atoms with Crippen LogP contribution in [-0.4, -0.2) is 10.1 Å². The molecular weight excluding hydrogens is 242 g/mol. The van der Waals surface area contributed by atoms with Crippen LogP contribution in [0.25, 0.3) is 10.9 Å². The van der Waals surface area contributed by atoms with Gasteiger partial charge in [0, 0.05) is 16.1 Å². The molecule has 0 unspecified atom stereocenters. The summed E-state index contributed by atoms with van der Waals surface area (Å²) in [6.45, 7) is 1.76. The fourth-order valence-corrected chi connectivity index (χ4v) is 1.73. The average Bonchev–Trinajstić information content (AvgIpc) is 2.16. The molecule has 0 aliphatic rings. The van der Waals surface area contributed by atoms with Crippen molar-refractivity contribution in [3.05, 3.63) is 40.5 Å². The second kappa shape index (κ2) is 3.67. The summed E-state index contributed by atoms with van der Waals surface area (Å²) in [5, 5.41) is 10.5. The van der Waals surface area contributed by atoms with Gasteiger partial charge in [0.1, 0.15) is 0 Å². The molecule has 1 atom stereocenters. The lowest BCUT2D eigenvalue weighted by molar-refractivity contribution is 0.199. The van der Waals surface area contributed by atoms with E-state index in [0.29, 0.717) is 0 Å². The Balaban J connectivity index is 2.63. The first-order chi connectivity index (χ1) is 6.66. The van der Waals surface area contributed by atoms with E-state index in [1.54, 1.807) is 13.1 Å². The van der Waals surface area contributed by atoms with Crippen molar-refractivity contribution in [1.82, 2.24) is 4.98 Å². The third-order valence-electron chi connectivity index (χ3n) is 2.15. The molecule has 2 aromatic rings. The minimum absolute atomic E-state index is 0.432. The van der Waals surface area contributed by atoms with E-state index in [-0.39, 0.29) is 0 Å². The number of rotatable bonds is 1. The van der Waals surface area contributed by atoms with Crippen molar-refractivity contribution in [2.24, 2.45) is 0 Å². The average molecular weight is 252 g/mol. The van der Waals surface area contributed by atoms with E-state index in [1.807, 2.05) is 24.3 Å². The van der Waals surface area contributed by atoms with Crippen molar-refractivity contribution < 1.29 is 5.11 Å². The second-order valence-electron chi connectivity index (χ2n) is 3.28. The predicted octanol–water partition coefficient (Wildman–Crippen LogP) is 3.05. The van der Waals surface area contributed by atoms with Gasteiger partial charge in [0.05, 0.1) is 11.6 Å². The highest BCUT2D eigenvalue weighted by Crippen LogP contribution is 2.21. The Morgan fingerprint density at radius 2 is 2.14 bits per heavy atom. The quantitative estimate of drug-likeness (QED) is 0.846. The van der Waals surface area contributed by atoms with Gasteiger partial charge in [-0.2, -0.15) is 0 Å². The molecule has 0 bridgehead atoms. The predicted molar refractivity (Wildman–Crippen MR) is 60.1 cm³/mol. The number of halogens is 1. The molecule has 1 heterocycles. The molecule has 0 amide bonds. The Morgan fingerprint density at radius 3 is 2.86 bits per heavy atom. The highest BCUT2D eigenvalue weighted by molar-refractivity contribution is 9.10. The second-order valence-corrected chi connectivity index (χ2v) is 4.20. The fourth-order valence-electron chi connectivity index (χ4n) is 1.38. The van der Waals surface area contributed by atoms with Gasteiger partial charge in [-0.3, -0.25) is 4.98 Å². The zero-order chi connectivity index (χ0) is 10.1. The van der Waals surface area contributed by atoms with Gasteiger partial charge in [0.2, 0.25) is 0 Å². The Kier molecular flexibility index (Phi) is 2.52. The number of aliphatic hydroxyl groups excluding tert-OH is 1. The highest BCUT2D eigenvalue weighted by atomic mass is 79.9. The molecule has 2 rings (SSSR count). The van der Waals surface area contributed by atoms with Gasteiger partial charge in [-0.05, 0) is 46.6 Å². The highest BCUT2D eigenvalue weighted by Gasteiger charge is 2.02. The van der Waals surface area contributed by atoms with Crippen molar-refractivity contribution in [1.29, 1.82) is 0 Å². The van der Waals surface area contributed by atoms with Gasteiger partial charge in [0.15, 0.2) is 0 Å². The maximum atomic E-state index is 9.42. The van der Waals surface area contributed by atoms with Crippen molar-refractivity contribution >= 4 is 26.8 Å². The number of hydrogen-bond donors (Lipinski definition) is 1. The van der Waals surface area contributed by atoms with Crippen LogP contribution in [0, 0.1) is 0 Å². The van der Waals surface area contributed by atoms with E-state index >= 15 is 0 Å². The number of pyridine rings is 1. The monoisotopic (exact) mass is 251 g/mol. The van der Waals surface area contributed by atoms with Crippen LogP contribution < -0.4 is 0 Å². The first-order valence-electron chi connectivity index (χ1n) is 4.40. The van der Waals surface area contributed by atoms with E-state index < -0.39 is 6.10 Å². The van der Waals surface area contributed by atoms with Gasteiger partial charge in [-0.15, -0.1) is 0 Å². The van der Waals surface area contributed by atoms with Crippen molar-refractivity contribution in [2.75, 3.05) is 0 Å². The summed E-state index contributed by atoms with van der Waals surface area (Å²) in [6, 6.07) is 7.77. The number of nitrogens with zero attached hydrogens (tertiary/aromatic N) is 1. The first-order valence-corrected chi connectivity index (χ1v) is 5.19. The normalized spacial score (nSPS) is 13.1. The van der Waals surface area contributed by atoms with Gasteiger partial charge < -0.3 is 5.11 Å². The summed E-state index contributed by atoms with van der Waals surface area (Å²) < 4.78 is 0.952. The Bertz CT molecular complexity index is 468. The van der Waals surface area contributed by atoms with Crippen LogP contribution in [0.3, 0.4) is 0 Å². The summed E-state index contributed by atoms with van der Waals surface area (Å²) in [4.78, 5) is 4.25. The Morgan fingerprint density at radius 1 is 1.36 bits per heavy atom. The number of aliphatic hydroxyl groups is 1. The third kappa shape index (κ3) is 1.79. The molecule has 1 N–H and O–H groups in total. The molecule has 0 radical (unpaired) electrons. The molecular formula is C11H10BrNO. The van der Waals surface area contributed by atoms with Crippen LogP contribution in [0.5, 0.6) is 0 Å². The van der Waals surface area contributed by atoms with Crippen LogP contribution in [0.4, 0.5) is 0 Å². The van der Waals surface area contributed by atoms with Gasteiger partial charge in [-0.25, -0.2) is 0 Å². The maximum absolute atomic E-state index is 9.42. The van der Waals surface area contributed by atoms with E-state index in [0.717, 1.165) is 20.9 Å². The van der Waals surface area contributed by atoms with Crippen molar-refractivity contribution in [3.8, 4) is 0 Å². The molecule has 0 spiro atoms. The summed E-state index contributed by atoms with van der Waals surface area (Å²) in [5.41, 5.74) is 1.86. The summed E-state index contributed by atoms with van der Waals surface area (Å²) in [6.07, 6.45) is 1.34. The van der Waals surface area contributed by atoms with Gasteiger partial charge >= 0.3 is 0 Å². The van der Waals surface area contributed by atoms with Crippen LogP contribution in [0.1, 0.15) is 18.6 Å². The van der Waals surface area contributed by atoms with Gasteiger partial charge in [-0.1, -0.05) is 6.07 Å². The number of benzene rings is 1. The molecule has 0 fully saturated rings. The first kappa shape index (κ1) is 9.62. The Labute approximate surface area is 90.7 Å². The number of aromatic nitrogens is 1. The summed E-state index contributed by atoms with van der Waals surface area (Å²) in [5.74, 6) is 0. The minimum atomic E-state index is -0.432. The fraction of sp³-hybridized carbons (Fsp3) is 0.182. The maximum Gasteiger partial charge on any atom is 0.0762 e. The molecule has 0 aliphatic carbocycles. The lowest BCUT2D eigenvalue weighted by atomic mass is 10.1. The van der Waals surface area contributed by atoms with Crippen LogP contribution in [-0.2, 0) is 0 Å².